The van der Waals surface area contributed by atoms with E-state index in [1.807, 2.05) is 39.8 Å². The molecule has 1 amide bonds. The first-order chi connectivity index (χ1) is 11.8. The van der Waals surface area contributed by atoms with Crippen molar-refractivity contribution in [2.75, 3.05) is 13.2 Å². The fourth-order valence-electron chi connectivity index (χ4n) is 2.79. The molecule has 0 radical (unpaired) electrons. The second-order valence-electron chi connectivity index (χ2n) is 6.81. The van der Waals surface area contributed by atoms with Crippen LogP contribution in [0.25, 0.3) is 0 Å². The first-order valence-corrected chi connectivity index (χ1v) is 8.73. The minimum absolute atomic E-state index is 0.106. The Balaban J connectivity index is 1.80. The molecule has 0 atom stereocenters. The number of hydrogen-bond donors (Lipinski definition) is 1. The number of esters is 1. The molecule has 25 heavy (non-hydrogen) atoms. The van der Waals surface area contributed by atoms with Crippen LogP contribution in [-0.4, -0.2) is 36.7 Å². The van der Waals surface area contributed by atoms with Gasteiger partial charge in [0, 0.05) is 18.0 Å². The maximum Gasteiger partial charge on any atom is 0.344 e. The third-order valence-electron chi connectivity index (χ3n) is 4.12. The number of ether oxygens (including phenoxy) is 3. The fraction of sp³-hybridized carbons (Fsp3) is 0.579. The predicted molar refractivity (Wildman–Crippen MR) is 93.8 cm³/mol. The zero-order chi connectivity index (χ0) is 18.4. The van der Waals surface area contributed by atoms with E-state index in [1.54, 1.807) is 6.07 Å². The highest BCUT2D eigenvalue weighted by Gasteiger charge is 2.32. The van der Waals surface area contributed by atoms with Crippen molar-refractivity contribution >= 4 is 11.9 Å². The van der Waals surface area contributed by atoms with Gasteiger partial charge in [0.05, 0.1) is 0 Å². The van der Waals surface area contributed by atoms with Gasteiger partial charge in [-0.05, 0) is 32.8 Å². The second-order valence-corrected chi connectivity index (χ2v) is 6.81. The first-order valence-electron chi connectivity index (χ1n) is 8.73. The van der Waals surface area contributed by atoms with E-state index in [0.29, 0.717) is 11.5 Å². The van der Waals surface area contributed by atoms with E-state index in [-0.39, 0.29) is 30.8 Å². The van der Waals surface area contributed by atoms with Crippen molar-refractivity contribution in [2.45, 2.75) is 58.6 Å². The summed E-state index contributed by atoms with van der Waals surface area (Å²) >= 11 is 0. The summed E-state index contributed by atoms with van der Waals surface area (Å²) in [4.78, 5) is 23.5. The molecule has 0 spiro atoms. The average Bonchev–Trinajstić information content (AvgIpc) is 2.90. The predicted octanol–water partition coefficient (Wildman–Crippen LogP) is 2.63. The number of carbonyl (C=O) groups is 2. The summed E-state index contributed by atoms with van der Waals surface area (Å²) in [6, 6.07) is 5.72. The number of carbonyl (C=O) groups excluding carboxylic acids is 2. The van der Waals surface area contributed by atoms with E-state index >= 15 is 0 Å². The molecular weight excluding hydrogens is 322 g/mol. The van der Waals surface area contributed by atoms with E-state index in [0.717, 1.165) is 24.8 Å². The van der Waals surface area contributed by atoms with Crippen molar-refractivity contribution in [1.82, 2.24) is 5.32 Å². The number of nitrogens with one attached hydrogen (secondary N) is 1. The number of fused-ring (bicyclic) bond motifs is 1. The molecule has 0 fully saturated rings. The van der Waals surface area contributed by atoms with Gasteiger partial charge in [-0.25, -0.2) is 4.79 Å². The highest BCUT2D eigenvalue weighted by molar-refractivity contribution is 5.81. The van der Waals surface area contributed by atoms with Crippen molar-refractivity contribution in [3.8, 4) is 11.5 Å². The topological polar surface area (TPSA) is 73.9 Å². The summed E-state index contributed by atoms with van der Waals surface area (Å²) in [6.07, 6.45) is 2.48. The van der Waals surface area contributed by atoms with Crippen LogP contribution in [0.1, 0.15) is 46.1 Å². The highest BCUT2D eigenvalue weighted by Crippen LogP contribution is 2.41. The Morgan fingerprint density at radius 2 is 1.96 bits per heavy atom. The van der Waals surface area contributed by atoms with Crippen LogP contribution in [0.5, 0.6) is 11.5 Å². The van der Waals surface area contributed by atoms with Crippen LogP contribution in [0.15, 0.2) is 18.2 Å². The summed E-state index contributed by atoms with van der Waals surface area (Å²) in [5, 5.41) is 2.81. The van der Waals surface area contributed by atoms with Gasteiger partial charge >= 0.3 is 5.97 Å². The summed E-state index contributed by atoms with van der Waals surface area (Å²) in [7, 11) is 0. The molecule has 1 aromatic carbocycles. The Kier molecular flexibility index (Phi) is 6.28. The molecule has 6 heteroatoms. The van der Waals surface area contributed by atoms with Gasteiger partial charge in [0.25, 0.3) is 5.91 Å². The molecule has 6 nitrogen and oxygen atoms in total. The summed E-state index contributed by atoms with van der Waals surface area (Å²) in [5.41, 5.74) is 0.774. The standard InChI is InChI=1S/C19H27NO5/c1-5-14(6-2)20-16(21)11-24-17(22)12-23-15-9-7-8-13-10-19(3,4)25-18(13)15/h7-9,14H,5-6,10-12H2,1-4H3,(H,20,21). The van der Waals surface area contributed by atoms with E-state index in [9.17, 15) is 9.59 Å². The monoisotopic (exact) mass is 349 g/mol. The molecule has 1 aliphatic heterocycles. The van der Waals surface area contributed by atoms with Gasteiger partial charge in [0.15, 0.2) is 24.7 Å². The molecule has 0 aliphatic carbocycles. The van der Waals surface area contributed by atoms with Crippen LogP contribution in [-0.2, 0) is 20.7 Å². The number of para-hydroxylation sites is 1. The largest absolute Gasteiger partial charge is 0.483 e. The lowest BCUT2D eigenvalue weighted by atomic mass is 10.0. The zero-order valence-corrected chi connectivity index (χ0v) is 15.4. The molecular formula is C19H27NO5. The number of benzene rings is 1. The molecule has 0 saturated carbocycles. The van der Waals surface area contributed by atoms with Gasteiger partial charge in [-0.1, -0.05) is 26.0 Å². The van der Waals surface area contributed by atoms with E-state index in [1.165, 1.54) is 0 Å². The molecule has 1 heterocycles. The number of amides is 1. The molecule has 0 aromatic heterocycles. The average molecular weight is 349 g/mol. The molecule has 1 aromatic rings. The molecule has 0 bridgehead atoms. The lowest BCUT2D eigenvalue weighted by molar-refractivity contribution is -0.150. The Bertz CT molecular complexity index is 622. The van der Waals surface area contributed by atoms with Crippen molar-refractivity contribution in [1.29, 1.82) is 0 Å². The van der Waals surface area contributed by atoms with Crippen molar-refractivity contribution < 1.29 is 23.8 Å². The molecule has 2 rings (SSSR count). The van der Waals surface area contributed by atoms with Gasteiger partial charge in [-0.15, -0.1) is 0 Å². The Labute approximate surface area is 148 Å². The van der Waals surface area contributed by atoms with E-state index in [4.69, 9.17) is 14.2 Å². The maximum atomic E-state index is 11.8. The molecule has 1 aliphatic rings. The lowest BCUT2D eigenvalue weighted by Gasteiger charge is -2.18. The minimum atomic E-state index is -0.588. The van der Waals surface area contributed by atoms with Crippen molar-refractivity contribution in [3.05, 3.63) is 23.8 Å². The van der Waals surface area contributed by atoms with Crippen molar-refractivity contribution in [3.63, 3.8) is 0 Å². The number of rotatable bonds is 8. The summed E-state index contributed by atoms with van der Waals surface area (Å²) in [6.45, 7) is 7.44. The van der Waals surface area contributed by atoms with Crippen LogP contribution in [0.4, 0.5) is 0 Å². The van der Waals surface area contributed by atoms with Crippen LogP contribution in [0, 0.1) is 0 Å². The van der Waals surface area contributed by atoms with Crippen molar-refractivity contribution in [2.24, 2.45) is 0 Å². The third-order valence-corrected chi connectivity index (χ3v) is 4.12. The van der Waals surface area contributed by atoms with Gasteiger partial charge in [-0.3, -0.25) is 4.79 Å². The summed E-state index contributed by atoms with van der Waals surface area (Å²) < 4.78 is 16.4. The highest BCUT2D eigenvalue weighted by atomic mass is 16.6. The summed E-state index contributed by atoms with van der Waals surface area (Å²) in [5.74, 6) is 0.301. The van der Waals surface area contributed by atoms with Gasteiger partial charge in [-0.2, -0.15) is 0 Å². The first kappa shape index (κ1) is 19.1. The fourth-order valence-corrected chi connectivity index (χ4v) is 2.79. The van der Waals surface area contributed by atoms with Gasteiger partial charge in [0.1, 0.15) is 5.60 Å². The van der Waals surface area contributed by atoms with E-state index in [2.05, 4.69) is 5.32 Å². The van der Waals surface area contributed by atoms with Crippen LogP contribution < -0.4 is 14.8 Å². The number of hydrogen-bond acceptors (Lipinski definition) is 5. The van der Waals surface area contributed by atoms with Crippen LogP contribution in [0.2, 0.25) is 0 Å². The van der Waals surface area contributed by atoms with Gasteiger partial charge in [0.2, 0.25) is 0 Å². The second kappa shape index (κ2) is 8.23. The molecule has 138 valence electrons. The molecule has 0 unspecified atom stereocenters. The zero-order valence-electron chi connectivity index (χ0n) is 15.4. The van der Waals surface area contributed by atoms with Crippen LogP contribution >= 0.6 is 0 Å². The smallest absolute Gasteiger partial charge is 0.344 e. The SMILES string of the molecule is CCC(CC)NC(=O)COC(=O)COc1cccc2c1OC(C)(C)C2. The Morgan fingerprint density at radius 1 is 1.24 bits per heavy atom. The van der Waals surface area contributed by atoms with Crippen LogP contribution in [0.3, 0.4) is 0 Å². The minimum Gasteiger partial charge on any atom is -0.483 e. The quantitative estimate of drug-likeness (QED) is 0.730. The van der Waals surface area contributed by atoms with Gasteiger partial charge < -0.3 is 19.5 Å². The lowest BCUT2D eigenvalue weighted by Crippen LogP contribution is -2.37. The molecule has 1 N–H and O–H groups in total. The normalized spacial score (nSPS) is 14.6. The van der Waals surface area contributed by atoms with E-state index < -0.39 is 5.97 Å². The Morgan fingerprint density at radius 3 is 2.64 bits per heavy atom. The third kappa shape index (κ3) is 5.37. The Hall–Kier alpha value is -2.24. The maximum absolute atomic E-state index is 11.8. The molecule has 0 saturated heterocycles.